The van der Waals surface area contributed by atoms with Crippen molar-refractivity contribution in [2.45, 2.75) is 44.1 Å². The highest BCUT2D eigenvalue weighted by molar-refractivity contribution is 5.88. The molecule has 0 amide bonds. The molecule has 4 aliphatic rings. The van der Waals surface area contributed by atoms with Gasteiger partial charge in [0.25, 0.3) is 0 Å². The quantitative estimate of drug-likeness (QED) is 0.387. The van der Waals surface area contributed by atoms with Crippen molar-refractivity contribution in [1.82, 2.24) is 9.78 Å². The second-order valence-electron chi connectivity index (χ2n) is 10.6. The molecule has 186 valence electrons. The summed E-state index contributed by atoms with van der Waals surface area (Å²) in [6.45, 7) is 0. The van der Waals surface area contributed by atoms with E-state index in [0.717, 1.165) is 23.6 Å². The minimum atomic E-state index is -4.94. The third-order valence-corrected chi connectivity index (χ3v) is 8.21. The van der Waals surface area contributed by atoms with Gasteiger partial charge in [0.05, 0.1) is 5.56 Å². The van der Waals surface area contributed by atoms with Crippen molar-refractivity contribution >= 4 is 10.8 Å². The molecule has 8 rings (SSSR count). The minimum Gasteiger partial charge on any atom is -0.222 e. The zero-order chi connectivity index (χ0) is 24.9. The first-order chi connectivity index (χ1) is 17.3. The molecule has 8 heteroatoms. The Morgan fingerprint density at radius 1 is 0.750 bits per heavy atom. The predicted octanol–water partition coefficient (Wildman–Crippen LogP) is 1.15. The van der Waals surface area contributed by atoms with Gasteiger partial charge in [0, 0.05) is 10.5 Å². The van der Waals surface area contributed by atoms with Crippen LogP contribution in [0.1, 0.15) is 38.5 Å². The summed E-state index contributed by atoms with van der Waals surface area (Å²) in [6, 6.07) is 26.0. The molecule has 0 atom stereocenters. The van der Waals surface area contributed by atoms with Crippen LogP contribution in [-0.4, -0.2) is 9.78 Å². The Balaban J connectivity index is 0.000000441. The van der Waals surface area contributed by atoms with Crippen molar-refractivity contribution in [2.75, 3.05) is 0 Å². The number of fused-ring (bicyclic) bond motifs is 1. The molecular weight excluding hydrogens is 478 g/mol. The van der Waals surface area contributed by atoms with Gasteiger partial charge in [0.1, 0.15) is 11.2 Å². The van der Waals surface area contributed by atoms with Gasteiger partial charge in [-0.3, -0.25) is 0 Å². The molecular formula is C28H28ClN3O4. The molecule has 4 fully saturated rings. The smallest absolute Gasteiger partial charge is 0.222 e. The van der Waals surface area contributed by atoms with E-state index >= 15 is 0 Å². The molecule has 36 heavy (non-hydrogen) atoms. The predicted molar refractivity (Wildman–Crippen MR) is 123 cm³/mol. The maximum Gasteiger partial charge on any atom is 0.313 e. The number of benzene rings is 3. The van der Waals surface area contributed by atoms with Crippen LogP contribution in [-0.2, 0) is 5.54 Å². The standard InChI is InChI=1S/C28H28N3.ClHO4/c1-2-8-24(9-3-1)27-29-31(28-16-20-13-21(17-28)15-22(14-20)18-28)19-30(27)26-12-6-10-23-7-4-5-11-25(23)26;2-1(3,4)5/h1-12,19-22H,13-18H2;(H,2,3,4,5)/q+1;/p-1. The summed E-state index contributed by atoms with van der Waals surface area (Å²) in [7, 11) is -4.94. The second-order valence-corrected chi connectivity index (χ2v) is 11.4. The number of nitrogens with zero attached hydrogens (tertiary/aromatic N) is 3. The number of rotatable bonds is 3. The average molecular weight is 506 g/mol. The van der Waals surface area contributed by atoms with Gasteiger partial charge >= 0.3 is 5.82 Å². The summed E-state index contributed by atoms with van der Waals surface area (Å²) in [5.41, 5.74) is 2.61. The molecule has 4 aliphatic carbocycles. The highest BCUT2D eigenvalue weighted by Crippen LogP contribution is 2.58. The van der Waals surface area contributed by atoms with E-state index < -0.39 is 10.2 Å². The van der Waals surface area contributed by atoms with Crippen molar-refractivity contribution in [2.24, 2.45) is 17.8 Å². The first-order valence-electron chi connectivity index (χ1n) is 12.4. The molecule has 4 bridgehead atoms. The van der Waals surface area contributed by atoms with E-state index in [1.807, 2.05) is 0 Å². The Hall–Kier alpha value is -2.81. The van der Waals surface area contributed by atoms with Gasteiger partial charge < -0.3 is 0 Å². The number of hydrogen-bond acceptors (Lipinski definition) is 5. The largest absolute Gasteiger partial charge is 0.313 e. The lowest BCUT2D eigenvalue weighted by atomic mass is 9.53. The third-order valence-electron chi connectivity index (χ3n) is 8.21. The van der Waals surface area contributed by atoms with Crippen LogP contribution in [0.5, 0.6) is 0 Å². The first kappa shape index (κ1) is 23.6. The molecule has 0 N–H and O–H groups in total. The topological polar surface area (TPSA) is 114 Å². The molecule has 3 aromatic carbocycles. The Labute approximate surface area is 212 Å². The second kappa shape index (κ2) is 8.94. The summed E-state index contributed by atoms with van der Waals surface area (Å²) in [5.74, 6) is 3.76. The van der Waals surface area contributed by atoms with Crippen LogP contribution < -0.4 is 23.2 Å². The molecule has 0 spiro atoms. The zero-order valence-electron chi connectivity index (χ0n) is 19.8. The lowest BCUT2D eigenvalue weighted by Crippen LogP contribution is -2.68. The van der Waals surface area contributed by atoms with Gasteiger partial charge in [-0.2, -0.15) is 4.57 Å². The fourth-order valence-corrected chi connectivity index (χ4v) is 7.29. The van der Waals surface area contributed by atoms with Crippen LogP contribution in [0.4, 0.5) is 0 Å². The molecule has 1 aromatic heterocycles. The highest BCUT2D eigenvalue weighted by Gasteiger charge is 2.55. The van der Waals surface area contributed by atoms with E-state index in [9.17, 15) is 0 Å². The third kappa shape index (κ3) is 4.53. The molecule has 4 saturated carbocycles. The van der Waals surface area contributed by atoms with E-state index in [1.54, 1.807) is 0 Å². The van der Waals surface area contributed by atoms with E-state index in [4.69, 9.17) is 23.7 Å². The van der Waals surface area contributed by atoms with E-state index in [-0.39, 0.29) is 5.54 Å². The van der Waals surface area contributed by atoms with Gasteiger partial charge in [0.15, 0.2) is 0 Å². The van der Waals surface area contributed by atoms with E-state index in [1.165, 1.54) is 60.5 Å². The van der Waals surface area contributed by atoms with Gasteiger partial charge in [-0.05, 0) is 79.9 Å². The summed E-state index contributed by atoms with van der Waals surface area (Å²) in [4.78, 5) is 0. The van der Waals surface area contributed by atoms with Crippen LogP contribution in [0.15, 0.2) is 79.1 Å². The van der Waals surface area contributed by atoms with Gasteiger partial charge in [0.2, 0.25) is 6.33 Å². The molecule has 7 nitrogen and oxygen atoms in total. The zero-order valence-corrected chi connectivity index (χ0v) is 20.6. The van der Waals surface area contributed by atoms with Crippen LogP contribution in [0, 0.1) is 28.0 Å². The molecule has 0 saturated heterocycles. The number of hydrogen-bond donors (Lipinski definition) is 0. The van der Waals surface area contributed by atoms with Crippen LogP contribution >= 0.6 is 0 Å². The van der Waals surface area contributed by atoms with Crippen LogP contribution in [0.25, 0.3) is 27.8 Å². The van der Waals surface area contributed by atoms with Gasteiger partial charge in [-0.25, -0.2) is 18.6 Å². The maximum absolute atomic E-state index is 8.49. The number of aromatic nitrogens is 3. The van der Waals surface area contributed by atoms with Crippen LogP contribution in [0.2, 0.25) is 0 Å². The number of halogens is 1. The Bertz CT molecular complexity index is 1340. The van der Waals surface area contributed by atoms with Crippen molar-refractivity contribution in [3.8, 4) is 17.1 Å². The Morgan fingerprint density at radius 3 is 1.94 bits per heavy atom. The lowest BCUT2D eigenvalue weighted by Gasteiger charge is -2.54. The Kier molecular flexibility index (Phi) is 5.85. The van der Waals surface area contributed by atoms with E-state index in [2.05, 4.69) is 88.4 Å². The average Bonchev–Trinajstić information content (AvgIpc) is 3.29. The summed E-state index contributed by atoms with van der Waals surface area (Å²) in [5, 5.41) is 7.88. The molecule has 0 radical (unpaired) electrons. The van der Waals surface area contributed by atoms with Crippen molar-refractivity contribution in [3.63, 3.8) is 0 Å². The van der Waals surface area contributed by atoms with Gasteiger partial charge in [-0.15, -0.1) is 14.9 Å². The SMILES string of the molecule is [O-][Cl+3]([O-])([O-])[O-].c1ccc(-c2nn(C34CC5CC(CC(C5)C3)C4)c[n+]2-c2cccc3ccccc23)cc1. The van der Waals surface area contributed by atoms with E-state index in [0.29, 0.717) is 0 Å². The van der Waals surface area contributed by atoms with Crippen molar-refractivity contribution in [3.05, 3.63) is 79.1 Å². The Morgan fingerprint density at radius 2 is 1.31 bits per heavy atom. The monoisotopic (exact) mass is 505 g/mol. The van der Waals surface area contributed by atoms with Crippen molar-refractivity contribution in [1.29, 1.82) is 0 Å². The fourth-order valence-electron chi connectivity index (χ4n) is 7.29. The molecule has 1 heterocycles. The lowest BCUT2D eigenvalue weighted by molar-refractivity contribution is -2.00. The molecule has 4 aromatic rings. The van der Waals surface area contributed by atoms with Crippen LogP contribution in [0.3, 0.4) is 0 Å². The fraction of sp³-hybridized carbons (Fsp3) is 0.357. The van der Waals surface area contributed by atoms with Crippen molar-refractivity contribution < 1.29 is 33.4 Å². The minimum absolute atomic E-state index is 0.216. The highest BCUT2D eigenvalue weighted by atomic mass is 35.7. The summed E-state index contributed by atoms with van der Waals surface area (Å²) < 4.78 is 38.7. The van der Waals surface area contributed by atoms with Gasteiger partial charge in [-0.1, -0.05) is 54.6 Å². The molecule has 0 unspecified atom stereocenters. The summed E-state index contributed by atoms with van der Waals surface area (Å²) >= 11 is 0. The molecule has 0 aliphatic heterocycles. The normalized spacial score (nSPS) is 26.6. The maximum atomic E-state index is 8.49. The summed E-state index contributed by atoms with van der Waals surface area (Å²) in [6.07, 6.45) is 10.6. The first-order valence-corrected chi connectivity index (χ1v) is 13.7.